The minimum Gasteiger partial charge on any atom is -0.465 e. The number of nitrogens with zero attached hydrogens (tertiary/aromatic N) is 5. The molecule has 1 fully saturated rings. The molecule has 0 bridgehead atoms. The van der Waals surface area contributed by atoms with E-state index in [0.29, 0.717) is 11.5 Å². The fourth-order valence-corrected chi connectivity index (χ4v) is 3.88. The molecule has 4 aromatic rings. The van der Waals surface area contributed by atoms with E-state index in [1.54, 1.807) is 12.3 Å². The van der Waals surface area contributed by atoms with Crippen LogP contribution in [0.4, 0.5) is 15.0 Å². The summed E-state index contributed by atoms with van der Waals surface area (Å²) < 4.78 is 14.4. The van der Waals surface area contributed by atoms with Crippen LogP contribution in [-0.4, -0.2) is 61.1 Å². The number of benzene rings is 1. The molecular formula is C21H18FN7O2. The van der Waals surface area contributed by atoms with Gasteiger partial charge in [0.25, 0.3) is 0 Å². The second-order valence-electron chi connectivity index (χ2n) is 7.58. The van der Waals surface area contributed by atoms with Gasteiger partial charge in [-0.1, -0.05) is 6.07 Å². The van der Waals surface area contributed by atoms with E-state index in [1.807, 2.05) is 24.3 Å². The predicted octanol–water partition coefficient (Wildman–Crippen LogP) is 2.90. The molecule has 3 aromatic heterocycles. The first-order valence-corrected chi connectivity index (χ1v) is 9.64. The molecule has 0 spiro atoms. The molecule has 10 heteroatoms. The van der Waals surface area contributed by atoms with Crippen LogP contribution >= 0.6 is 0 Å². The number of carboxylic acid groups (broad SMARTS) is 1. The van der Waals surface area contributed by atoms with Crippen LogP contribution in [0.1, 0.15) is 5.69 Å². The average Bonchev–Trinajstić information content (AvgIpc) is 3.22. The lowest BCUT2D eigenvalue weighted by molar-refractivity contribution is 0.0616. The normalized spacial score (nSPS) is 14.9. The van der Waals surface area contributed by atoms with Crippen molar-refractivity contribution in [3.63, 3.8) is 0 Å². The molecular weight excluding hydrogens is 401 g/mol. The minimum atomic E-state index is -1.04. The third kappa shape index (κ3) is 3.41. The van der Waals surface area contributed by atoms with Crippen LogP contribution in [0.3, 0.4) is 0 Å². The molecule has 0 saturated carbocycles. The number of amides is 1. The van der Waals surface area contributed by atoms with Gasteiger partial charge in [-0.25, -0.2) is 9.18 Å². The summed E-state index contributed by atoms with van der Waals surface area (Å²) >= 11 is 0. The van der Waals surface area contributed by atoms with Crippen molar-refractivity contribution in [1.82, 2.24) is 30.3 Å². The number of pyridine rings is 1. The smallest absolute Gasteiger partial charge is 0.407 e. The number of halogens is 1. The number of hydrogen-bond donors (Lipinski definition) is 3. The summed E-state index contributed by atoms with van der Waals surface area (Å²) in [4.78, 5) is 16.7. The van der Waals surface area contributed by atoms with Gasteiger partial charge in [0.15, 0.2) is 0 Å². The monoisotopic (exact) mass is 419 g/mol. The van der Waals surface area contributed by atoms with Crippen LogP contribution in [0.15, 0.2) is 54.9 Å². The maximum absolute atomic E-state index is 14.4. The summed E-state index contributed by atoms with van der Waals surface area (Å²) in [5.74, 6) is 0.0584. The van der Waals surface area contributed by atoms with Crippen LogP contribution in [0.2, 0.25) is 0 Å². The second kappa shape index (κ2) is 7.31. The molecule has 1 aromatic carbocycles. The SMILES string of the molecule is O=C(O)N1CC(CNc2ccc(-c3ccc4[nH]ncc4c3)nn2)(c2ncccc2F)C1. The molecule has 1 amide bonds. The van der Waals surface area contributed by atoms with Crippen molar-refractivity contribution in [2.75, 3.05) is 25.0 Å². The van der Waals surface area contributed by atoms with Crippen molar-refractivity contribution in [2.24, 2.45) is 0 Å². The number of H-pyrrole nitrogens is 1. The highest BCUT2D eigenvalue weighted by Gasteiger charge is 2.49. The van der Waals surface area contributed by atoms with Gasteiger partial charge in [-0.2, -0.15) is 5.10 Å². The molecule has 1 aliphatic rings. The van der Waals surface area contributed by atoms with Gasteiger partial charge < -0.3 is 15.3 Å². The van der Waals surface area contributed by atoms with E-state index < -0.39 is 17.3 Å². The van der Waals surface area contributed by atoms with Crippen molar-refractivity contribution in [1.29, 1.82) is 0 Å². The summed E-state index contributed by atoms with van der Waals surface area (Å²) in [6, 6.07) is 12.3. The fraction of sp³-hybridized carbons (Fsp3) is 0.190. The highest BCUT2D eigenvalue weighted by molar-refractivity contribution is 5.83. The van der Waals surface area contributed by atoms with E-state index in [1.165, 1.54) is 23.2 Å². The zero-order chi connectivity index (χ0) is 21.4. The Morgan fingerprint density at radius 1 is 1.23 bits per heavy atom. The van der Waals surface area contributed by atoms with E-state index in [-0.39, 0.29) is 25.3 Å². The number of anilines is 1. The van der Waals surface area contributed by atoms with Crippen LogP contribution < -0.4 is 5.32 Å². The average molecular weight is 419 g/mol. The first-order chi connectivity index (χ1) is 15.0. The summed E-state index contributed by atoms with van der Waals surface area (Å²) in [7, 11) is 0. The third-order valence-corrected chi connectivity index (χ3v) is 5.53. The predicted molar refractivity (Wildman–Crippen MR) is 111 cm³/mol. The molecule has 31 heavy (non-hydrogen) atoms. The van der Waals surface area contributed by atoms with E-state index in [9.17, 15) is 14.3 Å². The number of aromatic nitrogens is 5. The molecule has 1 saturated heterocycles. The van der Waals surface area contributed by atoms with Gasteiger partial charge in [-0.3, -0.25) is 10.1 Å². The van der Waals surface area contributed by atoms with Crippen LogP contribution in [0, 0.1) is 5.82 Å². The van der Waals surface area contributed by atoms with Gasteiger partial charge in [0.05, 0.1) is 28.5 Å². The quantitative estimate of drug-likeness (QED) is 0.455. The van der Waals surface area contributed by atoms with Gasteiger partial charge in [-0.15, -0.1) is 10.2 Å². The standard InChI is InChI=1S/C21H18FN7O2/c22-15-2-1-7-23-19(15)21(11-29(12-21)20(30)31)10-24-18-6-5-16(27-28-18)13-3-4-17-14(8-13)9-25-26-17/h1-9H,10-12H2,(H,24,28)(H,25,26)(H,30,31). The topological polar surface area (TPSA) is 120 Å². The number of aromatic amines is 1. The molecule has 4 heterocycles. The first-order valence-electron chi connectivity index (χ1n) is 9.64. The Bertz CT molecular complexity index is 1250. The zero-order valence-electron chi connectivity index (χ0n) is 16.3. The molecule has 5 rings (SSSR count). The lowest BCUT2D eigenvalue weighted by atomic mass is 9.76. The van der Waals surface area contributed by atoms with E-state index >= 15 is 0 Å². The number of rotatable bonds is 5. The van der Waals surface area contributed by atoms with Crippen molar-refractivity contribution in [3.8, 4) is 11.3 Å². The van der Waals surface area contributed by atoms with Gasteiger partial charge in [0.2, 0.25) is 0 Å². The van der Waals surface area contributed by atoms with Gasteiger partial charge in [-0.05, 0) is 36.4 Å². The summed E-state index contributed by atoms with van der Waals surface area (Å²) in [5.41, 5.74) is 2.04. The highest BCUT2D eigenvalue weighted by Crippen LogP contribution is 2.35. The third-order valence-electron chi connectivity index (χ3n) is 5.53. The maximum Gasteiger partial charge on any atom is 0.407 e. The summed E-state index contributed by atoms with van der Waals surface area (Å²) in [6.45, 7) is 0.582. The Morgan fingerprint density at radius 3 is 2.84 bits per heavy atom. The van der Waals surface area contributed by atoms with E-state index in [4.69, 9.17) is 0 Å². The Morgan fingerprint density at radius 2 is 2.10 bits per heavy atom. The van der Waals surface area contributed by atoms with Crippen molar-refractivity contribution in [3.05, 3.63) is 66.4 Å². The first kappa shape index (κ1) is 18.9. The van der Waals surface area contributed by atoms with Gasteiger partial charge in [0, 0.05) is 36.8 Å². The number of nitrogens with one attached hydrogen (secondary N) is 2. The molecule has 1 aliphatic heterocycles. The van der Waals surface area contributed by atoms with Crippen molar-refractivity contribution < 1.29 is 14.3 Å². The Labute approximate surface area is 176 Å². The lowest BCUT2D eigenvalue weighted by Gasteiger charge is -2.48. The largest absolute Gasteiger partial charge is 0.465 e. The molecule has 0 unspecified atom stereocenters. The zero-order valence-corrected chi connectivity index (χ0v) is 16.3. The van der Waals surface area contributed by atoms with E-state index in [0.717, 1.165) is 16.5 Å². The number of hydrogen-bond acceptors (Lipinski definition) is 6. The molecule has 0 radical (unpaired) electrons. The van der Waals surface area contributed by atoms with Crippen LogP contribution in [0.5, 0.6) is 0 Å². The minimum absolute atomic E-state index is 0.152. The molecule has 0 atom stereocenters. The lowest BCUT2D eigenvalue weighted by Crippen LogP contribution is -2.64. The highest BCUT2D eigenvalue weighted by atomic mass is 19.1. The number of likely N-dealkylation sites (tertiary alicyclic amines) is 1. The summed E-state index contributed by atoms with van der Waals surface area (Å²) in [5, 5.41) is 28.8. The number of carbonyl (C=O) groups is 1. The van der Waals surface area contributed by atoms with E-state index in [2.05, 4.69) is 30.7 Å². The Balaban J connectivity index is 1.34. The van der Waals surface area contributed by atoms with Gasteiger partial charge in [0.1, 0.15) is 11.6 Å². The maximum atomic E-state index is 14.4. The second-order valence-corrected chi connectivity index (χ2v) is 7.58. The molecule has 0 aliphatic carbocycles. The van der Waals surface area contributed by atoms with Crippen LogP contribution in [-0.2, 0) is 5.41 Å². The van der Waals surface area contributed by atoms with Gasteiger partial charge >= 0.3 is 6.09 Å². The van der Waals surface area contributed by atoms with Crippen molar-refractivity contribution in [2.45, 2.75) is 5.41 Å². The number of fused-ring (bicyclic) bond motifs is 1. The van der Waals surface area contributed by atoms with Crippen LogP contribution in [0.25, 0.3) is 22.2 Å². The molecule has 156 valence electrons. The molecule has 9 nitrogen and oxygen atoms in total. The molecule has 3 N–H and O–H groups in total. The Hall–Kier alpha value is -4.08. The summed E-state index contributed by atoms with van der Waals surface area (Å²) in [6.07, 6.45) is 2.22. The van der Waals surface area contributed by atoms with Crippen molar-refractivity contribution >= 4 is 22.8 Å². The Kier molecular flexibility index (Phi) is 4.46. The fourth-order valence-electron chi connectivity index (χ4n) is 3.88.